The minimum Gasteiger partial charge on any atom is -0.485 e. The first-order valence-electron chi connectivity index (χ1n) is 8.90. The molecule has 156 valence electrons. The molecular weight excluding hydrogens is 393 g/mol. The number of carbonyl (C=O) groups is 2. The molecule has 0 saturated heterocycles. The highest BCUT2D eigenvalue weighted by Gasteiger charge is 2.29. The van der Waals surface area contributed by atoms with E-state index in [1.807, 2.05) is 0 Å². The Hall–Kier alpha value is -3.88. The lowest BCUT2D eigenvalue weighted by Gasteiger charge is -2.25. The zero-order valence-electron chi connectivity index (χ0n) is 16.7. The maximum absolute atomic E-state index is 14.1. The first-order chi connectivity index (χ1) is 14.4. The zero-order valence-corrected chi connectivity index (χ0v) is 16.7. The van der Waals surface area contributed by atoms with Crippen LogP contribution in [-0.4, -0.2) is 35.9 Å². The largest absolute Gasteiger partial charge is 0.485 e. The minimum atomic E-state index is -0.800. The van der Waals surface area contributed by atoms with Crippen LogP contribution in [0.15, 0.2) is 66.2 Å². The van der Waals surface area contributed by atoms with Gasteiger partial charge < -0.3 is 19.1 Å². The van der Waals surface area contributed by atoms with Gasteiger partial charge in [-0.05, 0) is 30.4 Å². The minimum absolute atomic E-state index is 0.0470. The molecule has 1 aromatic carbocycles. The molecular formula is C21H20FN3O5. The van der Waals surface area contributed by atoms with Crippen molar-refractivity contribution in [3.63, 3.8) is 0 Å². The molecule has 0 unspecified atom stereocenters. The van der Waals surface area contributed by atoms with Gasteiger partial charge in [0.15, 0.2) is 0 Å². The fourth-order valence-electron chi connectivity index (χ4n) is 2.84. The number of methoxy groups -OCH3 is 2. The summed E-state index contributed by atoms with van der Waals surface area (Å²) in [4.78, 5) is 26.2. The predicted octanol–water partition coefficient (Wildman–Crippen LogP) is 2.63. The molecule has 0 aliphatic carbocycles. The second-order valence-corrected chi connectivity index (χ2v) is 6.20. The second-order valence-electron chi connectivity index (χ2n) is 6.20. The molecule has 0 saturated carbocycles. The third-order valence-corrected chi connectivity index (χ3v) is 4.21. The van der Waals surface area contributed by atoms with Crippen molar-refractivity contribution in [1.29, 1.82) is 0 Å². The number of allylic oxidation sites excluding steroid dienone is 2. The van der Waals surface area contributed by atoms with Gasteiger partial charge in [-0.15, -0.1) is 0 Å². The normalized spacial score (nSPS) is 13.3. The van der Waals surface area contributed by atoms with Crippen LogP contribution in [0.2, 0.25) is 0 Å². The first-order valence-corrected chi connectivity index (χ1v) is 8.90. The smallest absolute Gasteiger partial charge is 0.355 e. The Morgan fingerprint density at radius 1 is 1.10 bits per heavy atom. The maximum atomic E-state index is 14.1. The monoisotopic (exact) mass is 413 g/mol. The number of anilines is 1. The van der Waals surface area contributed by atoms with Crippen LogP contribution in [0.4, 0.5) is 10.1 Å². The fourth-order valence-corrected chi connectivity index (χ4v) is 2.84. The Bertz CT molecular complexity index is 1050. The van der Waals surface area contributed by atoms with Crippen LogP contribution in [0.1, 0.15) is 5.69 Å². The van der Waals surface area contributed by atoms with Crippen LogP contribution < -0.4 is 9.64 Å². The molecule has 3 rings (SSSR count). The Morgan fingerprint density at radius 3 is 2.53 bits per heavy atom. The van der Waals surface area contributed by atoms with Gasteiger partial charge in [0.2, 0.25) is 0 Å². The van der Waals surface area contributed by atoms with Gasteiger partial charge in [-0.25, -0.2) is 14.0 Å². The topological polar surface area (TPSA) is 82.9 Å². The van der Waals surface area contributed by atoms with E-state index in [0.717, 1.165) is 0 Å². The molecule has 9 heteroatoms. The van der Waals surface area contributed by atoms with Crippen molar-refractivity contribution < 1.29 is 28.2 Å². The summed E-state index contributed by atoms with van der Waals surface area (Å²) in [6.07, 6.45) is 7.84. The van der Waals surface area contributed by atoms with E-state index >= 15 is 0 Å². The van der Waals surface area contributed by atoms with Gasteiger partial charge in [-0.1, -0.05) is 6.08 Å². The Balaban J connectivity index is 2.08. The van der Waals surface area contributed by atoms with Crippen LogP contribution in [0.3, 0.4) is 0 Å². The predicted molar refractivity (Wildman–Crippen MR) is 106 cm³/mol. The molecule has 0 fully saturated rings. The molecule has 0 radical (unpaired) electrons. The summed E-state index contributed by atoms with van der Waals surface area (Å²) in [6.45, 7) is 0.121. The molecule has 2 heterocycles. The van der Waals surface area contributed by atoms with Gasteiger partial charge in [-0.3, -0.25) is 4.68 Å². The molecule has 2 aromatic rings. The molecule has 0 bridgehead atoms. The summed E-state index contributed by atoms with van der Waals surface area (Å²) in [6, 6.07) is 5.65. The SMILES string of the molecule is COC(=O)C1=C(C(=O)OC)N(c2cc(F)ccc2OCc2ccn(C)n2)C=CC=C1. The average molecular weight is 413 g/mol. The number of hydrogen-bond donors (Lipinski definition) is 0. The number of esters is 2. The van der Waals surface area contributed by atoms with Gasteiger partial charge in [-0.2, -0.15) is 5.10 Å². The van der Waals surface area contributed by atoms with Crippen LogP contribution in [0, 0.1) is 5.82 Å². The maximum Gasteiger partial charge on any atom is 0.355 e. The third-order valence-electron chi connectivity index (χ3n) is 4.21. The first kappa shape index (κ1) is 20.8. The molecule has 1 aromatic heterocycles. The third kappa shape index (κ3) is 4.40. The van der Waals surface area contributed by atoms with Crippen molar-refractivity contribution in [1.82, 2.24) is 9.78 Å². The highest BCUT2D eigenvalue weighted by Crippen LogP contribution is 2.35. The lowest BCUT2D eigenvalue weighted by Crippen LogP contribution is -2.27. The van der Waals surface area contributed by atoms with E-state index < -0.39 is 17.8 Å². The lowest BCUT2D eigenvalue weighted by atomic mass is 10.1. The van der Waals surface area contributed by atoms with Crippen molar-refractivity contribution in [3.8, 4) is 5.75 Å². The van der Waals surface area contributed by atoms with Crippen molar-refractivity contribution in [2.24, 2.45) is 7.05 Å². The molecule has 0 spiro atoms. The highest BCUT2D eigenvalue weighted by molar-refractivity contribution is 6.05. The van der Waals surface area contributed by atoms with Crippen molar-refractivity contribution >= 4 is 17.6 Å². The Labute approximate surface area is 172 Å². The summed E-state index contributed by atoms with van der Waals surface area (Å²) in [5.41, 5.74) is 0.685. The molecule has 0 amide bonds. The van der Waals surface area contributed by atoms with E-state index in [1.54, 1.807) is 36.1 Å². The number of carbonyl (C=O) groups excluding carboxylic acids is 2. The van der Waals surface area contributed by atoms with E-state index in [-0.39, 0.29) is 29.3 Å². The Kier molecular flexibility index (Phi) is 6.31. The van der Waals surface area contributed by atoms with E-state index in [2.05, 4.69) is 5.10 Å². The van der Waals surface area contributed by atoms with Crippen molar-refractivity contribution in [2.45, 2.75) is 6.61 Å². The van der Waals surface area contributed by atoms with Gasteiger partial charge in [0.25, 0.3) is 0 Å². The number of hydrogen-bond acceptors (Lipinski definition) is 7. The number of aromatic nitrogens is 2. The van der Waals surface area contributed by atoms with E-state index in [0.29, 0.717) is 5.69 Å². The number of benzene rings is 1. The van der Waals surface area contributed by atoms with Gasteiger partial charge in [0.1, 0.15) is 23.9 Å². The number of halogens is 1. The van der Waals surface area contributed by atoms with Crippen molar-refractivity contribution in [2.75, 3.05) is 19.1 Å². The van der Waals surface area contributed by atoms with Crippen LogP contribution in [0.25, 0.3) is 0 Å². The molecule has 0 N–H and O–H groups in total. The van der Waals surface area contributed by atoms with Crippen molar-refractivity contribution in [3.05, 3.63) is 77.7 Å². The summed E-state index contributed by atoms with van der Waals surface area (Å²) < 4.78 is 31.3. The molecule has 8 nitrogen and oxygen atoms in total. The summed E-state index contributed by atoms with van der Waals surface area (Å²) in [7, 11) is 4.17. The standard InChI is InChI=1S/C21H20FN3O5/c1-24-11-9-15(23-24)13-30-18-8-7-14(22)12-17(18)25-10-5-4-6-16(20(26)28-2)19(25)21(27)29-3/h4-12H,13H2,1-3H3. The van der Waals surface area contributed by atoms with Gasteiger partial charge >= 0.3 is 11.9 Å². The second kappa shape index (κ2) is 9.08. The number of nitrogens with zero attached hydrogens (tertiary/aromatic N) is 3. The lowest BCUT2D eigenvalue weighted by molar-refractivity contribution is -0.139. The van der Waals surface area contributed by atoms with Crippen LogP contribution in [-0.2, 0) is 32.7 Å². The van der Waals surface area contributed by atoms with E-state index in [4.69, 9.17) is 14.2 Å². The van der Waals surface area contributed by atoms with Gasteiger partial charge in [0, 0.05) is 25.5 Å². The summed E-state index contributed by atoms with van der Waals surface area (Å²) >= 11 is 0. The number of ether oxygens (including phenoxy) is 3. The van der Waals surface area contributed by atoms with E-state index in [1.165, 1.54) is 49.6 Å². The van der Waals surface area contributed by atoms with Crippen LogP contribution in [0.5, 0.6) is 5.75 Å². The quantitative estimate of drug-likeness (QED) is 0.673. The number of rotatable bonds is 6. The molecule has 30 heavy (non-hydrogen) atoms. The average Bonchev–Trinajstić information content (AvgIpc) is 3.04. The molecule has 1 aliphatic rings. The summed E-state index contributed by atoms with van der Waals surface area (Å²) in [5, 5.41) is 4.24. The summed E-state index contributed by atoms with van der Waals surface area (Å²) in [5.74, 6) is -1.82. The Morgan fingerprint density at radius 2 is 1.87 bits per heavy atom. The van der Waals surface area contributed by atoms with E-state index in [9.17, 15) is 14.0 Å². The zero-order chi connectivity index (χ0) is 21.7. The molecule has 1 aliphatic heterocycles. The van der Waals surface area contributed by atoms with Gasteiger partial charge in [0.05, 0.1) is 31.2 Å². The molecule has 0 atom stereocenters. The number of aryl methyl sites for hydroxylation is 1. The highest BCUT2D eigenvalue weighted by atomic mass is 19.1. The fraction of sp³-hybridized carbons (Fsp3) is 0.190. The van der Waals surface area contributed by atoms with Crippen LogP contribution >= 0.6 is 0 Å².